The van der Waals surface area contributed by atoms with Gasteiger partial charge in [0.15, 0.2) is 0 Å². The minimum Gasteiger partial charge on any atom is -0.351 e. The predicted octanol–water partition coefficient (Wildman–Crippen LogP) is 8.98. The van der Waals surface area contributed by atoms with E-state index in [1.165, 1.54) is 6.42 Å². The average molecular weight is 539 g/mol. The van der Waals surface area contributed by atoms with Gasteiger partial charge in [0.25, 0.3) is 0 Å². The van der Waals surface area contributed by atoms with Crippen LogP contribution in [0, 0.1) is 5.92 Å². The summed E-state index contributed by atoms with van der Waals surface area (Å²) in [5.41, 5.74) is 3.15. The number of thiophene rings is 1. The molecule has 0 bridgehead atoms. The summed E-state index contributed by atoms with van der Waals surface area (Å²) in [6, 6.07) is 15.9. The van der Waals surface area contributed by atoms with Crippen LogP contribution in [0.15, 0.2) is 53.0 Å². The lowest BCUT2D eigenvalue weighted by Gasteiger charge is -2.09. The van der Waals surface area contributed by atoms with Crippen LogP contribution in [0.5, 0.6) is 0 Å². The maximum atomic E-state index is 12.3. The number of halogens is 3. The fourth-order valence-electron chi connectivity index (χ4n) is 3.54. The maximum Gasteiger partial charge on any atom is 0.220 e. The van der Waals surface area contributed by atoms with E-state index in [2.05, 4.69) is 53.3 Å². The van der Waals surface area contributed by atoms with Gasteiger partial charge in [0.05, 0.1) is 11.6 Å². The van der Waals surface area contributed by atoms with Crippen molar-refractivity contribution in [3.63, 3.8) is 0 Å². The van der Waals surface area contributed by atoms with Gasteiger partial charge in [-0.1, -0.05) is 84.0 Å². The van der Waals surface area contributed by atoms with E-state index in [9.17, 15) is 4.79 Å². The second-order valence-corrected chi connectivity index (χ2v) is 10.7. The van der Waals surface area contributed by atoms with Gasteiger partial charge >= 0.3 is 0 Å². The fraction of sp³-hybridized carbons (Fsp3) is 0.320. The Morgan fingerprint density at radius 3 is 2.48 bits per heavy atom. The third-order valence-corrected chi connectivity index (χ3v) is 7.46. The Hall–Kier alpha value is -1.33. The van der Waals surface area contributed by atoms with Gasteiger partial charge in [-0.15, -0.1) is 11.3 Å². The highest BCUT2D eigenvalue weighted by Gasteiger charge is 2.16. The Morgan fingerprint density at radius 1 is 1.06 bits per heavy atom. The van der Waals surface area contributed by atoms with E-state index < -0.39 is 0 Å². The summed E-state index contributed by atoms with van der Waals surface area (Å²) in [7, 11) is 0. The Labute approximate surface area is 207 Å². The van der Waals surface area contributed by atoms with Crippen LogP contribution in [0.1, 0.15) is 44.4 Å². The van der Waals surface area contributed by atoms with Crippen molar-refractivity contribution < 1.29 is 4.79 Å². The van der Waals surface area contributed by atoms with Crippen LogP contribution in [-0.2, 0) is 11.3 Å². The standard InChI is InChI=1S/C25H26BrCl2NOS/c1-3-4-16(2)5-12-24(30)29-15-20-14-22(17-6-8-18(26)9-7-17)25(31-20)21-11-10-19(27)13-23(21)28/h6-11,13-14,16H,3-5,12,15H2,1-2H3,(H,29,30). The number of carbonyl (C=O) groups excluding carboxylic acids is 1. The summed E-state index contributed by atoms with van der Waals surface area (Å²) >= 11 is 17.8. The highest BCUT2D eigenvalue weighted by molar-refractivity contribution is 9.10. The van der Waals surface area contributed by atoms with Gasteiger partial charge in [-0.05, 0) is 48.2 Å². The molecule has 1 N–H and O–H groups in total. The minimum atomic E-state index is 0.104. The molecule has 0 aliphatic heterocycles. The largest absolute Gasteiger partial charge is 0.351 e. The van der Waals surface area contributed by atoms with Crippen LogP contribution in [0.2, 0.25) is 10.0 Å². The fourth-order valence-corrected chi connectivity index (χ4v) is 5.52. The Kier molecular flexibility index (Phi) is 9.03. The zero-order valence-electron chi connectivity index (χ0n) is 17.7. The first kappa shape index (κ1) is 24.3. The molecule has 0 aliphatic carbocycles. The van der Waals surface area contributed by atoms with Gasteiger partial charge < -0.3 is 5.32 Å². The summed E-state index contributed by atoms with van der Waals surface area (Å²) in [5.74, 6) is 0.688. The Morgan fingerprint density at radius 2 is 1.81 bits per heavy atom. The SMILES string of the molecule is CCCC(C)CCC(=O)NCc1cc(-c2ccc(Br)cc2)c(-c2ccc(Cl)cc2Cl)s1. The molecule has 1 atom stereocenters. The van der Waals surface area contributed by atoms with Crippen molar-refractivity contribution in [2.24, 2.45) is 5.92 Å². The van der Waals surface area contributed by atoms with Crippen molar-refractivity contribution in [1.82, 2.24) is 5.32 Å². The Bertz CT molecular complexity index is 1030. The number of nitrogens with one attached hydrogen (secondary N) is 1. The summed E-state index contributed by atoms with van der Waals surface area (Å²) in [6.07, 6.45) is 3.83. The number of benzene rings is 2. The first-order chi connectivity index (χ1) is 14.9. The van der Waals surface area contributed by atoms with E-state index in [0.717, 1.165) is 43.8 Å². The van der Waals surface area contributed by atoms with Crippen LogP contribution in [0.4, 0.5) is 0 Å². The molecular weight excluding hydrogens is 513 g/mol. The topological polar surface area (TPSA) is 29.1 Å². The number of hydrogen-bond acceptors (Lipinski definition) is 2. The van der Waals surface area contributed by atoms with Crippen LogP contribution in [0.3, 0.4) is 0 Å². The predicted molar refractivity (Wildman–Crippen MR) is 138 cm³/mol. The number of amides is 1. The lowest BCUT2D eigenvalue weighted by Crippen LogP contribution is -2.22. The lowest BCUT2D eigenvalue weighted by molar-refractivity contribution is -0.121. The molecule has 1 unspecified atom stereocenters. The zero-order valence-corrected chi connectivity index (χ0v) is 21.6. The highest BCUT2D eigenvalue weighted by atomic mass is 79.9. The molecular formula is C25H26BrCl2NOS. The molecule has 164 valence electrons. The summed E-state index contributed by atoms with van der Waals surface area (Å²) in [6.45, 7) is 4.91. The van der Waals surface area contributed by atoms with Crippen LogP contribution >= 0.6 is 50.5 Å². The molecule has 0 radical (unpaired) electrons. The number of hydrogen-bond donors (Lipinski definition) is 1. The third kappa shape index (κ3) is 6.82. The molecule has 0 fully saturated rings. The average Bonchev–Trinajstić information content (AvgIpc) is 3.15. The van der Waals surface area contributed by atoms with Crippen LogP contribution < -0.4 is 5.32 Å². The summed E-state index contributed by atoms with van der Waals surface area (Å²) in [4.78, 5) is 14.5. The number of rotatable bonds is 9. The van der Waals surface area contributed by atoms with Gasteiger partial charge in [-0.3, -0.25) is 4.79 Å². The van der Waals surface area contributed by atoms with Crippen molar-refractivity contribution in [3.05, 3.63) is 67.9 Å². The molecule has 3 rings (SSSR count). The molecule has 1 amide bonds. The van der Waals surface area contributed by atoms with Crippen LogP contribution in [-0.4, -0.2) is 5.91 Å². The van der Waals surface area contributed by atoms with Crippen molar-refractivity contribution in [2.45, 2.75) is 46.1 Å². The monoisotopic (exact) mass is 537 g/mol. The normalized spacial score (nSPS) is 12.0. The molecule has 2 aromatic carbocycles. The maximum absolute atomic E-state index is 12.3. The van der Waals surface area contributed by atoms with Crippen LogP contribution in [0.25, 0.3) is 21.6 Å². The zero-order chi connectivity index (χ0) is 22.4. The van der Waals surface area contributed by atoms with Crippen molar-refractivity contribution in [1.29, 1.82) is 0 Å². The minimum absolute atomic E-state index is 0.104. The highest BCUT2D eigenvalue weighted by Crippen LogP contribution is 2.43. The second kappa shape index (κ2) is 11.5. The molecule has 6 heteroatoms. The van der Waals surface area contributed by atoms with Gasteiger partial charge in [-0.25, -0.2) is 0 Å². The molecule has 31 heavy (non-hydrogen) atoms. The van der Waals surface area contributed by atoms with Gasteiger partial charge in [0.2, 0.25) is 5.91 Å². The third-order valence-electron chi connectivity index (χ3n) is 5.22. The van der Waals surface area contributed by atoms with Gasteiger partial charge in [-0.2, -0.15) is 0 Å². The molecule has 3 aromatic rings. The van der Waals surface area contributed by atoms with E-state index in [4.69, 9.17) is 23.2 Å². The quantitative estimate of drug-likeness (QED) is 0.289. The molecule has 0 spiro atoms. The molecule has 0 aliphatic rings. The smallest absolute Gasteiger partial charge is 0.220 e. The first-order valence-electron chi connectivity index (χ1n) is 10.5. The van der Waals surface area contributed by atoms with Crippen molar-refractivity contribution >= 4 is 56.4 Å². The van der Waals surface area contributed by atoms with Crippen molar-refractivity contribution in [2.75, 3.05) is 0 Å². The Balaban J connectivity index is 1.82. The van der Waals surface area contributed by atoms with Gasteiger partial charge in [0, 0.05) is 36.8 Å². The molecule has 1 aromatic heterocycles. The molecule has 1 heterocycles. The summed E-state index contributed by atoms with van der Waals surface area (Å²) in [5, 5.41) is 4.31. The van der Waals surface area contributed by atoms with Gasteiger partial charge in [0.1, 0.15) is 0 Å². The summed E-state index contributed by atoms with van der Waals surface area (Å²) < 4.78 is 1.03. The lowest BCUT2D eigenvalue weighted by atomic mass is 10.0. The van der Waals surface area contributed by atoms with E-state index in [1.807, 2.05) is 24.3 Å². The van der Waals surface area contributed by atoms with E-state index in [-0.39, 0.29) is 5.91 Å². The molecule has 0 saturated heterocycles. The molecule has 2 nitrogen and oxygen atoms in total. The van der Waals surface area contributed by atoms with E-state index in [1.54, 1.807) is 17.4 Å². The van der Waals surface area contributed by atoms with E-state index in [0.29, 0.717) is 28.9 Å². The van der Waals surface area contributed by atoms with Crippen molar-refractivity contribution in [3.8, 4) is 21.6 Å². The van der Waals surface area contributed by atoms with E-state index >= 15 is 0 Å². The number of carbonyl (C=O) groups is 1. The second-order valence-electron chi connectivity index (χ2n) is 7.80. The molecule has 0 saturated carbocycles. The first-order valence-corrected chi connectivity index (χ1v) is 12.8.